The first-order chi connectivity index (χ1) is 7.27. The van der Waals surface area contributed by atoms with Gasteiger partial charge in [-0.3, -0.25) is 9.59 Å². The minimum absolute atomic E-state index is 0.196. The zero-order chi connectivity index (χ0) is 10.2. The summed E-state index contributed by atoms with van der Waals surface area (Å²) in [5.74, 6) is 0.353. The van der Waals surface area contributed by atoms with E-state index in [4.69, 9.17) is 4.74 Å². The molecular formula is C12H10O3. The van der Waals surface area contributed by atoms with Gasteiger partial charge in [0, 0.05) is 0 Å². The predicted octanol–water partition coefficient (Wildman–Crippen LogP) is 0.920. The Morgan fingerprint density at radius 3 is 1.53 bits per heavy atom. The minimum atomic E-state index is -0.303. The summed E-state index contributed by atoms with van der Waals surface area (Å²) in [4.78, 5) is 23.2. The third-order valence-electron chi connectivity index (χ3n) is 4.41. The average Bonchev–Trinajstić information content (AvgIpc) is 2.44. The van der Waals surface area contributed by atoms with Gasteiger partial charge in [-0.25, -0.2) is 0 Å². The van der Waals surface area contributed by atoms with E-state index in [0.29, 0.717) is 11.8 Å². The summed E-state index contributed by atoms with van der Waals surface area (Å²) in [6.07, 6.45) is 8.54. The fourth-order valence-electron chi connectivity index (χ4n) is 3.69. The van der Waals surface area contributed by atoms with Crippen LogP contribution in [0.25, 0.3) is 0 Å². The molecule has 1 aliphatic heterocycles. The molecule has 0 radical (unpaired) electrons. The smallest absolute Gasteiger partial charge is 0.318 e. The second-order valence-electron chi connectivity index (χ2n) is 4.87. The highest BCUT2D eigenvalue weighted by Crippen LogP contribution is 2.58. The van der Waals surface area contributed by atoms with Gasteiger partial charge in [-0.1, -0.05) is 24.3 Å². The van der Waals surface area contributed by atoms with Crippen molar-refractivity contribution in [3.05, 3.63) is 24.3 Å². The molecule has 4 aliphatic carbocycles. The molecule has 3 heteroatoms. The molecule has 5 rings (SSSR count). The van der Waals surface area contributed by atoms with Gasteiger partial charge in [0.25, 0.3) is 0 Å². The van der Waals surface area contributed by atoms with Crippen molar-refractivity contribution < 1.29 is 14.3 Å². The Kier molecular flexibility index (Phi) is 1.17. The van der Waals surface area contributed by atoms with Gasteiger partial charge in [0.1, 0.15) is 0 Å². The highest BCUT2D eigenvalue weighted by atomic mass is 16.6. The molecule has 0 N–H and O–H groups in total. The summed E-state index contributed by atoms with van der Waals surface area (Å²) in [6, 6.07) is 0. The van der Waals surface area contributed by atoms with Crippen LogP contribution in [0.2, 0.25) is 0 Å². The van der Waals surface area contributed by atoms with Crippen molar-refractivity contribution in [3.8, 4) is 0 Å². The van der Waals surface area contributed by atoms with Crippen molar-refractivity contribution in [1.29, 1.82) is 0 Å². The van der Waals surface area contributed by atoms with Crippen LogP contribution in [0.5, 0.6) is 0 Å². The molecule has 15 heavy (non-hydrogen) atoms. The number of carbonyl (C=O) groups excluding carboxylic acids is 2. The molecule has 0 aromatic heterocycles. The van der Waals surface area contributed by atoms with Crippen LogP contribution in [0.15, 0.2) is 24.3 Å². The number of rotatable bonds is 0. The molecule has 1 saturated carbocycles. The Bertz CT molecular complexity index is 396. The molecule has 1 saturated heterocycles. The number of ether oxygens (including phenoxy) is 1. The fourth-order valence-corrected chi connectivity index (χ4v) is 3.69. The number of allylic oxidation sites excluding steroid dienone is 4. The van der Waals surface area contributed by atoms with E-state index < -0.39 is 0 Å². The number of carbonyl (C=O) groups is 2. The molecule has 0 spiro atoms. The van der Waals surface area contributed by atoms with E-state index in [9.17, 15) is 9.59 Å². The molecule has 2 bridgehead atoms. The Balaban J connectivity index is 1.88. The lowest BCUT2D eigenvalue weighted by atomic mass is 9.50. The molecule has 2 fully saturated rings. The topological polar surface area (TPSA) is 43.4 Å². The molecule has 0 amide bonds. The van der Waals surface area contributed by atoms with Crippen LogP contribution in [-0.4, -0.2) is 11.9 Å². The molecule has 5 aliphatic rings. The standard InChI is InChI=1S/C12H10O3/c13-11-9-7-3-4-8(6-2-1-5(6)7)10(9)12(14)15-11/h1-10H/t5-,6+,7-,8+,9+,10-. The van der Waals surface area contributed by atoms with E-state index >= 15 is 0 Å². The predicted molar refractivity (Wildman–Crippen MR) is 50.3 cm³/mol. The molecule has 0 aromatic rings. The first-order valence-corrected chi connectivity index (χ1v) is 5.39. The molecular weight excluding hydrogens is 192 g/mol. The summed E-state index contributed by atoms with van der Waals surface area (Å²) in [5.41, 5.74) is 0. The van der Waals surface area contributed by atoms with E-state index in [1.165, 1.54) is 0 Å². The Morgan fingerprint density at radius 2 is 1.13 bits per heavy atom. The number of hydrogen-bond acceptors (Lipinski definition) is 3. The van der Waals surface area contributed by atoms with E-state index in [1.54, 1.807) is 0 Å². The van der Waals surface area contributed by atoms with Crippen molar-refractivity contribution in [2.24, 2.45) is 35.5 Å². The van der Waals surface area contributed by atoms with Gasteiger partial charge in [0.2, 0.25) is 0 Å². The van der Waals surface area contributed by atoms with Crippen molar-refractivity contribution in [2.75, 3.05) is 0 Å². The van der Waals surface area contributed by atoms with Crippen molar-refractivity contribution in [2.45, 2.75) is 0 Å². The largest absolute Gasteiger partial charge is 0.393 e. The molecule has 3 nitrogen and oxygen atoms in total. The fraction of sp³-hybridized carbons (Fsp3) is 0.500. The second kappa shape index (κ2) is 2.23. The molecule has 0 unspecified atom stereocenters. The highest BCUT2D eigenvalue weighted by Gasteiger charge is 2.61. The number of esters is 2. The number of hydrogen-bond donors (Lipinski definition) is 0. The van der Waals surface area contributed by atoms with Crippen LogP contribution in [0.1, 0.15) is 0 Å². The van der Waals surface area contributed by atoms with E-state index in [1.807, 2.05) is 0 Å². The quantitative estimate of drug-likeness (QED) is 0.333. The van der Waals surface area contributed by atoms with Gasteiger partial charge in [-0.2, -0.15) is 0 Å². The van der Waals surface area contributed by atoms with Crippen LogP contribution in [-0.2, 0) is 14.3 Å². The summed E-state index contributed by atoms with van der Waals surface area (Å²) < 4.78 is 4.77. The van der Waals surface area contributed by atoms with Crippen LogP contribution < -0.4 is 0 Å². The average molecular weight is 202 g/mol. The van der Waals surface area contributed by atoms with E-state index in [2.05, 4.69) is 24.3 Å². The van der Waals surface area contributed by atoms with Gasteiger partial charge in [-0.05, 0) is 23.7 Å². The lowest BCUT2D eigenvalue weighted by molar-refractivity contribution is -0.154. The van der Waals surface area contributed by atoms with Crippen LogP contribution in [0.4, 0.5) is 0 Å². The molecule has 0 aromatic carbocycles. The van der Waals surface area contributed by atoms with Crippen LogP contribution in [0, 0.1) is 35.5 Å². The van der Waals surface area contributed by atoms with Gasteiger partial charge < -0.3 is 4.74 Å². The maximum atomic E-state index is 11.6. The Morgan fingerprint density at radius 1 is 0.733 bits per heavy atom. The first-order valence-electron chi connectivity index (χ1n) is 5.39. The second-order valence-corrected chi connectivity index (χ2v) is 4.87. The zero-order valence-electron chi connectivity index (χ0n) is 8.00. The third-order valence-corrected chi connectivity index (χ3v) is 4.41. The van der Waals surface area contributed by atoms with Crippen molar-refractivity contribution in [1.82, 2.24) is 0 Å². The van der Waals surface area contributed by atoms with Crippen LogP contribution >= 0.6 is 0 Å². The maximum absolute atomic E-state index is 11.6. The normalized spacial score (nSPS) is 53.6. The van der Waals surface area contributed by atoms with E-state index in [0.717, 1.165) is 0 Å². The molecule has 76 valence electrons. The van der Waals surface area contributed by atoms with Crippen LogP contribution in [0.3, 0.4) is 0 Å². The zero-order valence-corrected chi connectivity index (χ0v) is 8.00. The Labute approximate surface area is 86.8 Å². The van der Waals surface area contributed by atoms with Crippen molar-refractivity contribution >= 4 is 11.9 Å². The summed E-state index contributed by atoms with van der Waals surface area (Å²) in [6.45, 7) is 0. The minimum Gasteiger partial charge on any atom is -0.393 e. The van der Waals surface area contributed by atoms with E-state index in [-0.39, 0.29) is 35.6 Å². The summed E-state index contributed by atoms with van der Waals surface area (Å²) in [5, 5.41) is 0. The lowest BCUT2D eigenvalue weighted by Crippen LogP contribution is -2.50. The van der Waals surface area contributed by atoms with Gasteiger partial charge in [0.15, 0.2) is 0 Å². The summed E-state index contributed by atoms with van der Waals surface area (Å²) in [7, 11) is 0. The number of cyclic esters (lactones) is 2. The lowest BCUT2D eigenvalue weighted by Gasteiger charge is -2.51. The Hall–Kier alpha value is -1.38. The molecule has 1 heterocycles. The van der Waals surface area contributed by atoms with Gasteiger partial charge >= 0.3 is 11.9 Å². The third kappa shape index (κ3) is 0.715. The molecule has 6 atom stereocenters. The summed E-state index contributed by atoms with van der Waals surface area (Å²) >= 11 is 0. The van der Waals surface area contributed by atoms with Crippen molar-refractivity contribution in [3.63, 3.8) is 0 Å². The monoisotopic (exact) mass is 202 g/mol. The highest BCUT2D eigenvalue weighted by molar-refractivity contribution is 5.97. The first kappa shape index (κ1) is 7.85. The maximum Gasteiger partial charge on any atom is 0.318 e. The van der Waals surface area contributed by atoms with Gasteiger partial charge in [0.05, 0.1) is 11.8 Å². The van der Waals surface area contributed by atoms with Gasteiger partial charge in [-0.15, -0.1) is 0 Å². The SMILES string of the molecule is O=C1OC(=O)[C@H]2[C@@H]3C=C[C@@H]([C@H]4C=C[C@H]43)[C@@H]12.